The van der Waals surface area contributed by atoms with Crippen molar-refractivity contribution in [3.8, 4) is 5.75 Å². The van der Waals surface area contributed by atoms with Crippen LogP contribution in [0.1, 0.15) is 44.7 Å². The first-order valence-electron chi connectivity index (χ1n) is 8.88. The normalized spacial score (nSPS) is 18.3. The van der Waals surface area contributed by atoms with Crippen LogP contribution in [0.15, 0.2) is 42.5 Å². The number of likely N-dealkylation sites (tertiary alicyclic amines) is 1. The third-order valence-electron chi connectivity index (χ3n) is 5.67. The van der Waals surface area contributed by atoms with Crippen LogP contribution in [-0.4, -0.2) is 42.0 Å². The Bertz CT molecular complexity index is 839. The quantitative estimate of drug-likeness (QED) is 0.857. The van der Waals surface area contributed by atoms with Crippen molar-refractivity contribution in [2.24, 2.45) is 0 Å². The molecule has 0 radical (unpaired) electrons. The van der Waals surface area contributed by atoms with Crippen molar-refractivity contribution >= 4 is 12.3 Å². The Hall–Kier alpha value is -2.66. The highest BCUT2D eigenvalue weighted by molar-refractivity contribution is 5.99. The number of carbonyl (C=O) groups excluding carboxylic acids is 1. The lowest BCUT2D eigenvalue weighted by atomic mass is 9.73. The molecule has 0 aromatic heterocycles. The van der Waals surface area contributed by atoms with Gasteiger partial charge in [0.1, 0.15) is 5.75 Å². The molecular weight excluding hydrogens is 330 g/mol. The van der Waals surface area contributed by atoms with Gasteiger partial charge in [-0.3, -0.25) is 9.69 Å². The molecule has 0 atom stereocenters. The fourth-order valence-electron chi connectivity index (χ4n) is 4.16. The number of hydrogen-bond donors (Lipinski definition) is 1. The predicted octanol–water partition coefficient (Wildman–Crippen LogP) is 3.12. The number of nitrogens with zero attached hydrogens (tertiary/aromatic N) is 1. The Morgan fingerprint density at radius 1 is 1.15 bits per heavy atom. The zero-order valence-corrected chi connectivity index (χ0v) is 14.5. The Balaban J connectivity index is 1.55. The summed E-state index contributed by atoms with van der Waals surface area (Å²) in [7, 11) is 0. The maximum atomic E-state index is 11.5. The number of carbonyl (C=O) groups is 2. The topological polar surface area (TPSA) is 66.8 Å². The van der Waals surface area contributed by atoms with Crippen molar-refractivity contribution in [1.82, 2.24) is 4.90 Å². The van der Waals surface area contributed by atoms with Gasteiger partial charge in [0.25, 0.3) is 0 Å². The van der Waals surface area contributed by atoms with E-state index in [2.05, 4.69) is 29.2 Å². The van der Waals surface area contributed by atoms with E-state index < -0.39 is 5.97 Å². The Kier molecular flexibility index (Phi) is 4.24. The third kappa shape index (κ3) is 2.78. The van der Waals surface area contributed by atoms with Crippen molar-refractivity contribution in [1.29, 1.82) is 0 Å². The van der Waals surface area contributed by atoms with Crippen LogP contribution in [0.2, 0.25) is 0 Å². The van der Waals surface area contributed by atoms with Crippen LogP contribution in [0, 0.1) is 0 Å². The van der Waals surface area contributed by atoms with Crippen LogP contribution in [0.3, 0.4) is 0 Å². The first-order valence-corrected chi connectivity index (χ1v) is 8.88. The Morgan fingerprint density at radius 2 is 1.88 bits per heavy atom. The summed E-state index contributed by atoms with van der Waals surface area (Å²) in [6.45, 7) is 3.36. The summed E-state index contributed by atoms with van der Waals surface area (Å²) in [5.74, 6) is -0.631. The average molecular weight is 351 g/mol. The minimum absolute atomic E-state index is 0.0114. The molecule has 26 heavy (non-hydrogen) atoms. The lowest BCUT2D eigenvalue weighted by molar-refractivity contribution is 0.0693. The van der Waals surface area contributed by atoms with Gasteiger partial charge >= 0.3 is 5.97 Å². The number of rotatable bonds is 4. The van der Waals surface area contributed by atoms with Gasteiger partial charge in [-0.05, 0) is 37.6 Å². The molecule has 1 N–H and O–H groups in total. The molecule has 1 spiro atoms. The van der Waals surface area contributed by atoms with Gasteiger partial charge in [-0.25, -0.2) is 4.79 Å². The number of piperidine rings is 1. The number of carboxylic acid groups (broad SMARTS) is 1. The number of fused-ring (bicyclic) bond motifs is 2. The molecule has 2 aromatic rings. The van der Waals surface area contributed by atoms with Gasteiger partial charge in [0, 0.05) is 17.5 Å². The van der Waals surface area contributed by atoms with Gasteiger partial charge in [-0.15, -0.1) is 0 Å². The molecule has 2 heterocycles. The molecule has 2 aromatic carbocycles. The molecule has 0 bridgehead atoms. The second-order valence-electron chi connectivity index (χ2n) is 7.16. The number of carboxylic acids is 1. The van der Waals surface area contributed by atoms with Crippen molar-refractivity contribution < 1.29 is 19.4 Å². The fraction of sp³-hybridized carbons (Fsp3) is 0.333. The number of ether oxygens (including phenoxy) is 1. The summed E-state index contributed by atoms with van der Waals surface area (Å²) in [4.78, 5) is 25.2. The number of aromatic carboxylic acids is 1. The van der Waals surface area contributed by atoms with Crippen molar-refractivity contribution in [2.75, 3.05) is 19.7 Å². The smallest absolute Gasteiger partial charge is 0.336 e. The summed E-state index contributed by atoms with van der Waals surface area (Å²) in [5.41, 5.74) is 2.36. The Morgan fingerprint density at radius 3 is 2.54 bits per heavy atom. The van der Waals surface area contributed by atoms with Crippen LogP contribution in [0.4, 0.5) is 0 Å². The number of benzene rings is 2. The average Bonchev–Trinajstić information content (AvgIpc) is 3.02. The largest absolute Gasteiger partial charge is 0.492 e. The molecule has 0 unspecified atom stereocenters. The van der Waals surface area contributed by atoms with Crippen LogP contribution in [-0.2, 0) is 12.0 Å². The maximum absolute atomic E-state index is 11.5. The molecule has 4 rings (SSSR count). The minimum atomic E-state index is -1.10. The van der Waals surface area contributed by atoms with E-state index in [1.165, 1.54) is 11.6 Å². The van der Waals surface area contributed by atoms with Gasteiger partial charge in [-0.2, -0.15) is 0 Å². The van der Waals surface area contributed by atoms with Gasteiger partial charge < -0.3 is 9.84 Å². The summed E-state index contributed by atoms with van der Waals surface area (Å²) in [6.07, 6.45) is 2.49. The van der Waals surface area contributed by atoms with E-state index in [0.717, 1.165) is 38.0 Å². The minimum Gasteiger partial charge on any atom is -0.492 e. The van der Waals surface area contributed by atoms with E-state index in [9.17, 15) is 14.7 Å². The second kappa shape index (κ2) is 6.57. The van der Waals surface area contributed by atoms with Gasteiger partial charge in [0.2, 0.25) is 0 Å². The molecule has 5 nitrogen and oxygen atoms in total. The molecule has 2 aliphatic heterocycles. The Labute approximate surface area is 152 Å². The molecule has 1 fully saturated rings. The van der Waals surface area contributed by atoms with Crippen LogP contribution < -0.4 is 4.74 Å². The summed E-state index contributed by atoms with van der Waals surface area (Å²) in [6, 6.07) is 13.8. The molecule has 5 heteroatoms. The highest BCUT2D eigenvalue weighted by Crippen LogP contribution is 2.47. The zero-order valence-electron chi connectivity index (χ0n) is 14.5. The lowest BCUT2D eigenvalue weighted by Gasteiger charge is -2.38. The first-order chi connectivity index (χ1) is 12.6. The lowest BCUT2D eigenvalue weighted by Crippen LogP contribution is -2.43. The number of hydrogen-bond acceptors (Lipinski definition) is 4. The molecule has 134 valence electrons. The van der Waals surface area contributed by atoms with Crippen molar-refractivity contribution in [3.63, 3.8) is 0 Å². The SMILES string of the molecule is O=Cc1c(C(=O)O)ccc2c1OCC21CCN(Cc2ccccc2)CC1. The van der Waals surface area contributed by atoms with E-state index >= 15 is 0 Å². The van der Waals surface area contributed by atoms with Crippen LogP contribution in [0.5, 0.6) is 5.75 Å². The highest BCUT2D eigenvalue weighted by atomic mass is 16.5. The maximum Gasteiger partial charge on any atom is 0.336 e. The van der Waals surface area contributed by atoms with E-state index in [4.69, 9.17) is 4.74 Å². The summed E-state index contributed by atoms with van der Waals surface area (Å²) < 4.78 is 5.85. The van der Waals surface area contributed by atoms with E-state index in [0.29, 0.717) is 18.6 Å². The standard InChI is InChI=1S/C21H21NO4/c23-13-17-16(20(24)25)6-7-18-19(17)26-14-21(18)8-10-22(11-9-21)12-15-4-2-1-3-5-15/h1-7,13H,8-12,14H2,(H,24,25). The monoisotopic (exact) mass is 351 g/mol. The molecule has 0 amide bonds. The van der Waals surface area contributed by atoms with Crippen molar-refractivity contribution in [2.45, 2.75) is 24.8 Å². The predicted molar refractivity (Wildman–Crippen MR) is 96.9 cm³/mol. The molecular formula is C21H21NO4. The molecule has 2 aliphatic rings. The van der Waals surface area contributed by atoms with Crippen LogP contribution in [0.25, 0.3) is 0 Å². The highest BCUT2D eigenvalue weighted by Gasteiger charge is 2.44. The molecule has 0 saturated carbocycles. The second-order valence-corrected chi connectivity index (χ2v) is 7.16. The van der Waals surface area contributed by atoms with Crippen LogP contribution >= 0.6 is 0 Å². The summed E-state index contributed by atoms with van der Waals surface area (Å²) in [5, 5.41) is 9.28. The number of aldehydes is 1. The van der Waals surface area contributed by atoms with Gasteiger partial charge in [-0.1, -0.05) is 36.4 Å². The first kappa shape index (κ1) is 16.8. The molecule has 1 saturated heterocycles. The van der Waals surface area contributed by atoms with E-state index in [1.807, 2.05) is 12.1 Å². The fourth-order valence-corrected chi connectivity index (χ4v) is 4.16. The van der Waals surface area contributed by atoms with Crippen molar-refractivity contribution in [3.05, 3.63) is 64.7 Å². The third-order valence-corrected chi connectivity index (χ3v) is 5.67. The molecule has 0 aliphatic carbocycles. The summed E-state index contributed by atoms with van der Waals surface area (Å²) >= 11 is 0. The van der Waals surface area contributed by atoms with E-state index in [-0.39, 0.29) is 16.5 Å². The van der Waals surface area contributed by atoms with Gasteiger partial charge in [0.05, 0.1) is 17.7 Å². The zero-order chi connectivity index (χ0) is 18.1. The van der Waals surface area contributed by atoms with Gasteiger partial charge in [0.15, 0.2) is 6.29 Å². The van der Waals surface area contributed by atoms with E-state index in [1.54, 1.807) is 0 Å².